The van der Waals surface area contributed by atoms with Gasteiger partial charge in [0.05, 0.1) is 0 Å². The van der Waals surface area contributed by atoms with Crippen molar-refractivity contribution in [1.29, 1.82) is 0 Å². The van der Waals surface area contributed by atoms with Crippen molar-refractivity contribution in [3.05, 3.63) is 10.7 Å². The lowest BCUT2D eigenvalue weighted by Crippen LogP contribution is -2.29. The molecule has 0 aromatic carbocycles. The first-order chi connectivity index (χ1) is 8.54. The molecular formula is C12H20BrN5. The zero-order valence-corrected chi connectivity index (χ0v) is 12.4. The summed E-state index contributed by atoms with van der Waals surface area (Å²) in [6.07, 6.45) is 1.23. The Labute approximate surface area is 116 Å². The molecule has 0 aliphatic carbocycles. The molecule has 18 heavy (non-hydrogen) atoms. The van der Waals surface area contributed by atoms with Crippen LogP contribution in [0.5, 0.6) is 0 Å². The molecule has 5 nitrogen and oxygen atoms in total. The van der Waals surface area contributed by atoms with Crippen molar-refractivity contribution in [3.63, 3.8) is 0 Å². The van der Waals surface area contributed by atoms with Crippen molar-refractivity contribution in [2.75, 3.05) is 30.7 Å². The van der Waals surface area contributed by atoms with Gasteiger partial charge in [-0.1, -0.05) is 0 Å². The van der Waals surface area contributed by atoms with E-state index in [1.807, 2.05) is 0 Å². The first-order valence-corrected chi connectivity index (χ1v) is 7.12. The predicted octanol–water partition coefficient (Wildman–Crippen LogP) is 1.96. The van der Waals surface area contributed by atoms with Crippen LogP contribution in [-0.4, -0.2) is 40.5 Å². The number of nitrogens with two attached hydrogens (primary N) is 1. The quantitative estimate of drug-likeness (QED) is 0.832. The number of nitrogen functional groups attached to an aromatic ring is 1. The van der Waals surface area contributed by atoms with Crippen LogP contribution in [0.4, 0.5) is 11.8 Å². The normalized spacial score (nSPS) is 20.6. The van der Waals surface area contributed by atoms with Crippen LogP contribution in [0.1, 0.15) is 20.3 Å². The van der Waals surface area contributed by atoms with Gasteiger partial charge in [-0.3, -0.25) is 0 Å². The highest BCUT2D eigenvalue weighted by atomic mass is 79.9. The molecule has 3 N–H and O–H groups in total. The second-order valence-electron chi connectivity index (χ2n) is 5.06. The molecule has 6 heteroatoms. The minimum absolute atomic E-state index is 0.481. The lowest BCUT2D eigenvalue weighted by molar-refractivity contribution is 0.266. The monoisotopic (exact) mass is 313 g/mol. The second kappa shape index (κ2) is 5.84. The Morgan fingerprint density at radius 1 is 1.56 bits per heavy atom. The van der Waals surface area contributed by atoms with Gasteiger partial charge in [-0.15, -0.1) is 0 Å². The lowest BCUT2D eigenvalue weighted by Gasteiger charge is -2.20. The summed E-state index contributed by atoms with van der Waals surface area (Å²) in [4.78, 5) is 10.9. The molecule has 0 amide bonds. The van der Waals surface area contributed by atoms with E-state index in [4.69, 9.17) is 5.73 Å². The van der Waals surface area contributed by atoms with Crippen LogP contribution in [0.2, 0.25) is 0 Å². The van der Waals surface area contributed by atoms with Crippen LogP contribution in [-0.2, 0) is 0 Å². The van der Waals surface area contributed by atoms with Crippen LogP contribution in [0.25, 0.3) is 0 Å². The summed E-state index contributed by atoms with van der Waals surface area (Å²) < 4.78 is 0.715. The number of halogens is 1. The number of aromatic nitrogens is 2. The zero-order chi connectivity index (χ0) is 13.1. The Morgan fingerprint density at radius 2 is 2.33 bits per heavy atom. The van der Waals surface area contributed by atoms with E-state index in [-0.39, 0.29) is 0 Å². The molecule has 1 saturated heterocycles. The molecule has 1 aliphatic rings. The average Bonchev–Trinajstić information content (AvgIpc) is 2.73. The maximum Gasteiger partial charge on any atom is 0.225 e. The number of hydrogen-bond donors (Lipinski definition) is 2. The van der Waals surface area contributed by atoms with Crippen molar-refractivity contribution in [3.8, 4) is 0 Å². The molecule has 1 aromatic rings. The summed E-state index contributed by atoms with van der Waals surface area (Å²) in [5.74, 6) is 1.75. The number of rotatable bonds is 4. The first-order valence-electron chi connectivity index (χ1n) is 6.32. The van der Waals surface area contributed by atoms with Crippen molar-refractivity contribution in [2.24, 2.45) is 5.92 Å². The molecule has 1 unspecified atom stereocenters. The smallest absolute Gasteiger partial charge is 0.225 e. The van der Waals surface area contributed by atoms with E-state index in [2.05, 4.69) is 50.0 Å². The topological polar surface area (TPSA) is 67.1 Å². The maximum atomic E-state index is 5.68. The Balaban J connectivity index is 1.85. The summed E-state index contributed by atoms with van der Waals surface area (Å²) >= 11 is 3.32. The van der Waals surface area contributed by atoms with Crippen molar-refractivity contribution in [1.82, 2.24) is 14.9 Å². The molecule has 1 atom stereocenters. The van der Waals surface area contributed by atoms with Gasteiger partial charge in [0.15, 0.2) is 0 Å². The summed E-state index contributed by atoms with van der Waals surface area (Å²) in [6, 6.07) is 2.33. The highest BCUT2D eigenvalue weighted by molar-refractivity contribution is 9.10. The van der Waals surface area contributed by atoms with E-state index in [9.17, 15) is 0 Å². The Bertz CT molecular complexity index is 389. The third-order valence-corrected chi connectivity index (χ3v) is 3.72. The molecule has 2 heterocycles. The Hall–Kier alpha value is -0.880. The third-order valence-electron chi connectivity index (χ3n) is 3.31. The largest absolute Gasteiger partial charge is 0.383 e. The summed E-state index contributed by atoms with van der Waals surface area (Å²) in [5.41, 5.74) is 5.68. The van der Waals surface area contributed by atoms with E-state index in [1.54, 1.807) is 6.07 Å². The molecule has 0 radical (unpaired) electrons. The number of likely N-dealkylation sites (tertiary alicyclic amines) is 1. The lowest BCUT2D eigenvalue weighted by atomic mass is 10.1. The Morgan fingerprint density at radius 3 is 2.94 bits per heavy atom. The average molecular weight is 314 g/mol. The predicted molar refractivity (Wildman–Crippen MR) is 77.5 cm³/mol. The summed E-state index contributed by atoms with van der Waals surface area (Å²) in [5, 5.41) is 3.27. The Kier molecular flexibility index (Phi) is 4.40. The molecule has 2 rings (SSSR count). The van der Waals surface area contributed by atoms with E-state index in [0.717, 1.165) is 13.1 Å². The van der Waals surface area contributed by atoms with Gasteiger partial charge >= 0.3 is 0 Å². The first kappa shape index (κ1) is 13.5. The summed E-state index contributed by atoms with van der Waals surface area (Å²) in [6.45, 7) is 7.72. The third kappa shape index (κ3) is 3.55. The zero-order valence-electron chi connectivity index (χ0n) is 10.9. The molecule has 1 aromatic heterocycles. The van der Waals surface area contributed by atoms with Crippen LogP contribution < -0.4 is 11.1 Å². The number of nitrogens with one attached hydrogen (secondary N) is 1. The molecule has 100 valence electrons. The van der Waals surface area contributed by atoms with Gasteiger partial charge in [0, 0.05) is 25.2 Å². The van der Waals surface area contributed by atoms with E-state index >= 15 is 0 Å². The standard InChI is InChI=1S/C12H20BrN5/c1-8(2)18-4-3-9(7-18)6-15-12-16-10(13)5-11(14)17-12/h5,8-9H,3-4,6-7H2,1-2H3,(H3,14,15,16,17). The van der Waals surface area contributed by atoms with Gasteiger partial charge in [0.25, 0.3) is 0 Å². The van der Waals surface area contributed by atoms with Crippen molar-refractivity contribution in [2.45, 2.75) is 26.3 Å². The molecule has 0 spiro atoms. The molecule has 1 aliphatic heterocycles. The number of anilines is 2. The fourth-order valence-electron chi connectivity index (χ4n) is 2.25. The van der Waals surface area contributed by atoms with Gasteiger partial charge in [0.2, 0.25) is 5.95 Å². The van der Waals surface area contributed by atoms with E-state index in [0.29, 0.717) is 28.3 Å². The fraction of sp³-hybridized carbons (Fsp3) is 0.667. The van der Waals surface area contributed by atoms with Crippen LogP contribution >= 0.6 is 15.9 Å². The van der Waals surface area contributed by atoms with Gasteiger partial charge in [-0.2, -0.15) is 4.98 Å². The van der Waals surface area contributed by atoms with Crippen LogP contribution in [0, 0.1) is 5.92 Å². The number of nitrogens with zero attached hydrogens (tertiary/aromatic N) is 3. The highest BCUT2D eigenvalue weighted by Crippen LogP contribution is 2.19. The van der Waals surface area contributed by atoms with Gasteiger partial charge in [0.1, 0.15) is 10.4 Å². The second-order valence-corrected chi connectivity index (χ2v) is 5.88. The molecule has 0 saturated carbocycles. The summed E-state index contributed by atoms with van der Waals surface area (Å²) in [7, 11) is 0. The minimum Gasteiger partial charge on any atom is -0.383 e. The van der Waals surface area contributed by atoms with Gasteiger partial charge < -0.3 is 16.0 Å². The van der Waals surface area contributed by atoms with Crippen LogP contribution in [0.3, 0.4) is 0 Å². The van der Waals surface area contributed by atoms with Gasteiger partial charge in [-0.05, 0) is 48.7 Å². The SMILES string of the molecule is CC(C)N1CCC(CNc2nc(N)cc(Br)n2)C1. The fourth-order valence-corrected chi connectivity index (χ4v) is 2.65. The van der Waals surface area contributed by atoms with E-state index < -0.39 is 0 Å². The minimum atomic E-state index is 0.481. The van der Waals surface area contributed by atoms with Gasteiger partial charge in [-0.25, -0.2) is 4.98 Å². The van der Waals surface area contributed by atoms with E-state index in [1.165, 1.54) is 13.0 Å². The number of hydrogen-bond acceptors (Lipinski definition) is 5. The van der Waals surface area contributed by atoms with Crippen LogP contribution in [0.15, 0.2) is 10.7 Å². The van der Waals surface area contributed by atoms with Crippen molar-refractivity contribution < 1.29 is 0 Å². The molecule has 0 bridgehead atoms. The maximum absolute atomic E-state index is 5.68. The molecule has 1 fully saturated rings. The van der Waals surface area contributed by atoms with Crippen molar-refractivity contribution >= 4 is 27.7 Å². The molecular weight excluding hydrogens is 294 g/mol. The highest BCUT2D eigenvalue weighted by Gasteiger charge is 2.23.